The maximum Gasteiger partial charge on any atom is 0.288 e. The number of benzene rings is 1. The Kier molecular flexibility index (Phi) is 4.83. The molecule has 1 saturated heterocycles. The molecule has 0 bridgehead atoms. The molecular weight excluding hydrogens is 278 g/mol. The van der Waals surface area contributed by atoms with E-state index in [0.29, 0.717) is 6.04 Å². The van der Waals surface area contributed by atoms with Gasteiger partial charge in [0, 0.05) is 30.9 Å². The molecule has 0 amide bonds. The standard InChI is InChI=1S/C14H20ClN3O2/c1-3-17-6-4-11(5-7-17)16-13-9-12(15)14(18(19)20)8-10(13)2/h8-9,11,16H,3-7H2,1-2H3. The zero-order valence-corrected chi connectivity index (χ0v) is 12.6. The lowest BCUT2D eigenvalue weighted by atomic mass is 10.0. The van der Waals surface area contributed by atoms with Crippen LogP contribution in [0.4, 0.5) is 11.4 Å². The number of piperidine rings is 1. The molecule has 1 aromatic carbocycles. The van der Waals surface area contributed by atoms with E-state index in [-0.39, 0.29) is 10.7 Å². The number of halogens is 1. The number of nitrogens with zero attached hydrogens (tertiary/aromatic N) is 2. The molecule has 1 heterocycles. The number of hydrogen-bond donors (Lipinski definition) is 1. The van der Waals surface area contributed by atoms with Crippen LogP contribution >= 0.6 is 11.6 Å². The summed E-state index contributed by atoms with van der Waals surface area (Å²) in [7, 11) is 0. The van der Waals surface area contributed by atoms with Crippen molar-refractivity contribution in [3.05, 3.63) is 32.8 Å². The van der Waals surface area contributed by atoms with Crippen LogP contribution in [-0.2, 0) is 0 Å². The molecule has 0 unspecified atom stereocenters. The van der Waals surface area contributed by atoms with Gasteiger partial charge in [-0.1, -0.05) is 18.5 Å². The molecule has 1 fully saturated rings. The van der Waals surface area contributed by atoms with Crippen LogP contribution in [0.3, 0.4) is 0 Å². The van der Waals surface area contributed by atoms with E-state index in [0.717, 1.165) is 43.7 Å². The number of hydrogen-bond acceptors (Lipinski definition) is 4. The summed E-state index contributed by atoms with van der Waals surface area (Å²) in [6.07, 6.45) is 2.17. The molecule has 0 atom stereocenters. The van der Waals surface area contributed by atoms with Crippen molar-refractivity contribution in [1.82, 2.24) is 4.90 Å². The lowest BCUT2D eigenvalue weighted by Gasteiger charge is -2.32. The maximum absolute atomic E-state index is 10.8. The fourth-order valence-electron chi connectivity index (χ4n) is 2.58. The van der Waals surface area contributed by atoms with Gasteiger partial charge >= 0.3 is 0 Å². The summed E-state index contributed by atoms with van der Waals surface area (Å²) in [6.45, 7) is 7.32. The summed E-state index contributed by atoms with van der Waals surface area (Å²) >= 11 is 5.97. The monoisotopic (exact) mass is 297 g/mol. The van der Waals surface area contributed by atoms with Gasteiger partial charge in [0.05, 0.1) is 4.92 Å². The van der Waals surface area contributed by atoms with Crippen LogP contribution in [0.2, 0.25) is 5.02 Å². The largest absolute Gasteiger partial charge is 0.382 e. The molecule has 1 aliphatic rings. The maximum atomic E-state index is 10.8. The normalized spacial score (nSPS) is 17.1. The first kappa shape index (κ1) is 15.1. The van der Waals surface area contributed by atoms with Crippen LogP contribution < -0.4 is 5.32 Å². The summed E-state index contributed by atoms with van der Waals surface area (Å²) in [5, 5.41) is 14.5. The Morgan fingerprint density at radius 3 is 2.65 bits per heavy atom. The van der Waals surface area contributed by atoms with E-state index in [4.69, 9.17) is 11.6 Å². The van der Waals surface area contributed by atoms with Crippen molar-refractivity contribution in [2.45, 2.75) is 32.7 Å². The summed E-state index contributed by atoms with van der Waals surface area (Å²) in [4.78, 5) is 12.8. The van der Waals surface area contributed by atoms with Gasteiger partial charge in [0.15, 0.2) is 0 Å². The van der Waals surface area contributed by atoms with Gasteiger partial charge in [-0.25, -0.2) is 0 Å². The van der Waals surface area contributed by atoms with Gasteiger partial charge in [-0.05, 0) is 37.9 Å². The van der Waals surface area contributed by atoms with Crippen molar-refractivity contribution in [3.8, 4) is 0 Å². The zero-order chi connectivity index (χ0) is 14.7. The highest BCUT2D eigenvalue weighted by molar-refractivity contribution is 6.33. The Balaban J connectivity index is 2.07. The third-order valence-corrected chi connectivity index (χ3v) is 4.19. The first-order valence-corrected chi connectivity index (χ1v) is 7.32. The summed E-state index contributed by atoms with van der Waals surface area (Å²) in [5.74, 6) is 0. The molecule has 0 saturated carbocycles. The molecule has 0 spiro atoms. The van der Waals surface area contributed by atoms with E-state index < -0.39 is 4.92 Å². The second-order valence-electron chi connectivity index (χ2n) is 5.23. The Labute approximate surface area is 124 Å². The molecule has 110 valence electrons. The molecular formula is C14H20ClN3O2. The van der Waals surface area contributed by atoms with Crippen molar-refractivity contribution < 1.29 is 4.92 Å². The molecule has 2 rings (SSSR count). The summed E-state index contributed by atoms with van der Waals surface area (Å²) in [6, 6.07) is 3.61. The van der Waals surface area contributed by atoms with Gasteiger partial charge in [-0.3, -0.25) is 10.1 Å². The highest BCUT2D eigenvalue weighted by Gasteiger charge is 2.20. The molecule has 1 aliphatic heterocycles. The lowest BCUT2D eigenvalue weighted by Crippen LogP contribution is -2.38. The Hall–Kier alpha value is -1.33. The molecule has 5 nitrogen and oxygen atoms in total. The SMILES string of the molecule is CCN1CCC(Nc2cc(Cl)c([N+](=O)[O-])cc2C)CC1. The van der Waals surface area contributed by atoms with Crippen LogP contribution in [0.1, 0.15) is 25.3 Å². The minimum Gasteiger partial charge on any atom is -0.382 e. The zero-order valence-electron chi connectivity index (χ0n) is 11.9. The number of nitrogens with one attached hydrogen (secondary N) is 1. The van der Waals surface area contributed by atoms with Crippen LogP contribution in [0.5, 0.6) is 0 Å². The number of nitro groups is 1. The van der Waals surface area contributed by atoms with Crippen molar-refractivity contribution in [2.24, 2.45) is 0 Å². The molecule has 1 aromatic rings. The molecule has 0 aromatic heterocycles. The van der Waals surface area contributed by atoms with Crippen LogP contribution in [0.25, 0.3) is 0 Å². The van der Waals surface area contributed by atoms with Crippen molar-refractivity contribution in [2.75, 3.05) is 25.0 Å². The van der Waals surface area contributed by atoms with Gasteiger partial charge in [0.2, 0.25) is 0 Å². The van der Waals surface area contributed by atoms with Crippen molar-refractivity contribution in [1.29, 1.82) is 0 Å². The van der Waals surface area contributed by atoms with Crippen molar-refractivity contribution >= 4 is 23.0 Å². The van der Waals surface area contributed by atoms with Gasteiger partial charge < -0.3 is 10.2 Å². The highest BCUT2D eigenvalue weighted by Crippen LogP contribution is 2.31. The number of rotatable bonds is 4. The highest BCUT2D eigenvalue weighted by atomic mass is 35.5. The molecule has 1 N–H and O–H groups in total. The van der Waals surface area contributed by atoms with E-state index in [1.807, 2.05) is 6.92 Å². The van der Waals surface area contributed by atoms with E-state index in [2.05, 4.69) is 17.1 Å². The van der Waals surface area contributed by atoms with Crippen LogP contribution in [0, 0.1) is 17.0 Å². The number of anilines is 1. The Morgan fingerprint density at radius 1 is 1.45 bits per heavy atom. The van der Waals surface area contributed by atoms with E-state index >= 15 is 0 Å². The van der Waals surface area contributed by atoms with Crippen LogP contribution in [0.15, 0.2) is 12.1 Å². The van der Waals surface area contributed by atoms with Gasteiger partial charge in [0.1, 0.15) is 5.02 Å². The molecule has 20 heavy (non-hydrogen) atoms. The second-order valence-corrected chi connectivity index (χ2v) is 5.64. The van der Waals surface area contributed by atoms with Crippen molar-refractivity contribution in [3.63, 3.8) is 0 Å². The van der Waals surface area contributed by atoms with Gasteiger partial charge in [0.25, 0.3) is 5.69 Å². The summed E-state index contributed by atoms with van der Waals surface area (Å²) in [5.41, 5.74) is 1.73. The minimum atomic E-state index is -0.446. The summed E-state index contributed by atoms with van der Waals surface area (Å²) < 4.78 is 0. The van der Waals surface area contributed by atoms with E-state index in [1.54, 1.807) is 6.07 Å². The number of aryl methyl sites for hydroxylation is 1. The minimum absolute atomic E-state index is 0.0319. The first-order valence-electron chi connectivity index (χ1n) is 6.94. The number of nitro benzene ring substituents is 1. The smallest absolute Gasteiger partial charge is 0.288 e. The van der Waals surface area contributed by atoms with Gasteiger partial charge in [-0.2, -0.15) is 0 Å². The number of likely N-dealkylation sites (tertiary alicyclic amines) is 1. The van der Waals surface area contributed by atoms with E-state index in [1.165, 1.54) is 6.07 Å². The van der Waals surface area contributed by atoms with E-state index in [9.17, 15) is 10.1 Å². The fraction of sp³-hybridized carbons (Fsp3) is 0.571. The topological polar surface area (TPSA) is 58.4 Å². The average Bonchev–Trinajstić information content (AvgIpc) is 2.43. The molecule has 6 heteroatoms. The van der Waals surface area contributed by atoms with Crippen LogP contribution in [-0.4, -0.2) is 35.5 Å². The third kappa shape index (κ3) is 3.41. The predicted molar refractivity (Wildman–Crippen MR) is 81.6 cm³/mol. The predicted octanol–water partition coefficient (Wildman–Crippen LogP) is 3.45. The fourth-order valence-corrected chi connectivity index (χ4v) is 2.81. The molecule has 0 radical (unpaired) electrons. The Morgan fingerprint density at radius 2 is 2.10 bits per heavy atom. The first-order chi connectivity index (χ1) is 9.51. The average molecular weight is 298 g/mol. The van der Waals surface area contributed by atoms with Gasteiger partial charge in [-0.15, -0.1) is 0 Å². The quantitative estimate of drug-likeness (QED) is 0.683. The Bertz CT molecular complexity index is 499. The third-order valence-electron chi connectivity index (χ3n) is 3.88. The lowest BCUT2D eigenvalue weighted by molar-refractivity contribution is -0.384. The second kappa shape index (κ2) is 6.41. The molecule has 0 aliphatic carbocycles.